The van der Waals surface area contributed by atoms with Crippen LogP contribution in [0.4, 0.5) is 10.1 Å². The number of carbonyl (C=O) groups excluding carboxylic acids is 1. The first-order chi connectivity index (χ1) is 14.8. The summed E-state index contributed by atoms with van der Waals surface area (Å²) < 4.78 is 43.1. The topological polar surface area (TPSA) is 66.5 Å². The standard InChI is InChI=1S/C23H20BrFN2O3S/c1-15-12-18(10-11-19(15)24)26-23(28)21-13-16-6-2-3-7-17(16)14-27(21)31(29,30)22-9-5-4-8-20(22)25/h2-12,21H,13-14H2,1H3,(H,26,28)/t21-/m0/s1. The zero-order chi connectivity index (χ0) is 22.2. The molecule has 0 aromatic heterocycles. The normalized spacial score (nSPS) is 16.5. The van der Waals surface area contributed by atoms with E-state index in [2.05, 4.69) is 21.2 Å². The lowest BCUT2D eigenvalue weighted by atomic mass is 9.95. The first-order valence-corrected chi connectivity index (χ1v) is 11.9. The molecule has 1 heterocycles. The Morgan fingerprint density at radius 1 is 1.06 bits per heavy atom. The van der Waals surface area contributed by atoms with Gasteiger partial charge in [0.1, 0.15) is 16.8 Å². The molecule has 1 amide bonds. The molecule has 8 heteroatoms. The van der Waals surface area contributed by atoms with E-state index in [1.165, 1.54) is 18.2 Å². The number of aryl methyl sites for hydroxylation is 1. The van der Waals surface area contributed by atoms with Crippen LogP contribution in [0.3, 0.4) is 0 Å². The quantitative estimate of drug-likeness (QED) is 0.564. The molecule has 0 radical (unpaired) electrons. The molecule has 0 saturated carbocycles. The van der Waals surface area contributed by atoms with Crippen LogP contribution in [0.2, 0.25) is 0 Å². The van der Waals surface area contributed by atoms with Crippen LogP contribution >= 0.6 is 15.9 Å². The minimum atomic E-state index is -4.25. The second kappa shape index (κ2) is 8.53. The molecule has 0 aliphatic carbocycles. The summed E-state index contributed by atoms with van der Waals surface area (Å²) in [6, 6.07) is 16.9. The zero-order valence-corrected chi connectivity index (χ0v) is 19.1. The van der Waals surface area contributed by atoms with Crippen molar-refractivity contribution in [1.29, 1.82) is 0 Å². The Morgan fingerprint density at radius 2 is 1.74 bits per heavy atom. The third-order valence-electron chi connectivity index (χ3n) is 5.36. The number of sulfonamides is 1. The van der Waals surface area contributed by atoms with Crippen molar-refractivity contribution in [2.75, 3.05) is 5.32 Å². The maximum absolute atomic E-state index is 14.4. The summed E-state index contributed by atoms with van der Waals surface area (Å²) in [5.74, 6) is -1.31. The molecular weight excluding hydrogens is 483 g/mol. The summed E-state index contributed by atoms with van der Waals surface area (Å²) >= 11 is 3.42. The molecule has 3 aromatic rings. The molecule has 0 unspecified atom stereocenters. The second-order valence-corrected chi connectivity index (χ2v) is 10.1. The maximum atomic E-state index is 14.4. The summed E-state index contributed by atoms with van der Waals surface area (Å²) in [7, 11) is -4.25. The Morgan fingerprint density at radius 3 is 2.45 bits per heavy atom. The van der Waals surface area contributed by atoms with E-state index in [9.17, 15) is 17.6 Å². The fraction of sp³-hybridized carbons (Fsp3) is 0.174. The van der Waals surface area contributed by atoms with Crippen LogP contribution in [0.15, 0.2) is 76.1 Å². The van der Waals surface area contributed by atoms with Gasteiger partial charge in [-0.05, 0) is 60.4 Å². The van der Waals surface area contributed by atoms with E-state index in [0.29, 0.717) is 5.69 Å². The molecular formula is C23H20BrFN2O3S. The number of hydrogen-bond donors (Lipinski definition) is 1. The average molecular weight is 503 g/mol. The van der Waals surface area contributed by atoms with Crippen molar-refractivity contribution in [2.24, 2.45) is 0 Å². The highest BCUT2D eigenvalue weighted by molar-refractivity contribution is 9.10. The highest BCUT2D eigenvalue weighted by Crippen LogP contribution is 2.31. The van der Waals surface area contributed by atoms with Gasteiger partial charge >= 0.3 is 0 Å². The van der Waals surface area contributed by atoms with E-state index in [0.717, 1.165) is 31.5 Å². The smallest absolute Gasteiger partial charge is 0.247 e. The van der Waals surface area contributed by atoms with Crippen LogP contribution in [-0.4, -0.2) is 24.7 Å². The van der Waals surface area contributed by atoms with E-state index in [1.807, 2.05) is 37.3 Å². The lowest BCUT2D eigenvalue weighted by Crippen LogP contribution is -2.50. The number of nitrogens with zero attached hydrogens (tertiary/aromatic N) is 1. The van der Waals surface area contributed by atoms with Gasteiger partial charge < -0.3 is 5.32 Å². The number of amides is 1. The van der Waals surface area contributed by atoms with Crippen LogP contribution in [-0.2, 0) is 27.8 Å². The first kappa shape index (κ1) is 21.7. The van der Waals surface area contributed by atoms with Gasteiger partial charge in [-0.3, -0.25) is 4.79 Å². The number of halogens is 2. The van der Waals surface area contributed by atoms with E-state index in [-0.39, 0.29) is 13.0 Å². The molecule has 5 nitrogen and oxygen atoms in total. The fourth-order valence-electron chi connectivity index (χ4n) is 3.70. The molecule has 1 aliphatic heterocycles. The summed E-state index contributed by atoms with van der Waals surface area (Å²) in [5.41, 5.74) is 3.19. The zero-order valence-electron chi connectivity index (χ0n) is 16.7. The largest absolute Gasteiger partial charge is 0.325 e. The maximum Gasteiger partial charge on any atom is 0.247 e. The van der Waals surface area contributed by atoms with Gasteiger partial charge in [0.15, 0.2) is 0 Å². The molecule has 1 aliphatic rings. The van der Waals surface area contributed by atoms with Crippen LogP contribution in [0.5, 0.6) is 0 Å². The number of carbonyl (C=O) groups is 1. The lowest BCUT2D eigenvalue weighted by molar-refractivity contribution is -0.120. The lowest BCUT2D eigenvalue weighted by Gasteiger charge is -2.35. The van der Waals surface area contributed by atoms with Crippen molar-refractivity contribution in [3.05, 3.63) is 93.7 Å². The number of fused-ring (bicyclic) bond motifs is 1. The number of benzene rings is 3. The minimum absolute atomic E-state index is 0.00963. The molecule has 0 bridgehead atoms. The third-order valence-corrected chi connectivity index (χ3v) is 8.13. The number of nitrogens with one attached hydrogen (secondary N) is 1. The summed E-state index contributed by atoms with van der Waals surface area (Å²) in [6.45, 7) is 1.88. The number of anilines is 1. The van der Waals surface area contributed by atoms with Crippen LogP contribution < -0.4 is 5.32 Å². The molecule has 1 atom stereocenters. The van der Waals surface area contributed by atoms with Gasteiger partial charge in [-0.2, -0.15) is 4.31 Å². The molecule has 0 saturated heterocycles. The SMILES string of the molecule is Cc1cc(NC(=O)[C@@H]2Cc3ccccc3CN2S(=O)(=O)c2ccccc2F)ccc1Br. The molecule has 1 N–H and O–H groups in total. The third kappa shape index (κ3) is 4.28. The second-order valence-electron chi connectivity index (χ2n) is 7.42. The molecule has 3 aromatic carbocycles. The van der Waals surface area contributed by atoms with Gasteiger partial charge in [0.05, 0.1) is 0 Å². The summed E-state index contributed by atoms with van der Waals surface area (Å²) in [6.07, 6.45) is 0.200. The molecule has 0 spiro atoms. The summed E-state index contributed by atoms with van der Waals surface area (Å²) in [5, 5.41) is 2.82. The Labute approximate surface area is 189 Å². The van der Waals surface area contributed by atoms with Crippen molar-refractivity contribution < 1.29 is 17.6 Å². The van der Waals surface area contributed by atoms with Crippen LogP contribution in [0.1, 0.15) is 16.7 Å². The van der Waals surface area contributed by atoms with Crippen molar-refractivity contribution in [2.45, 2.75) is 30.8 Å². The molecule has 4 rings (SSSR count). The minimum Gasteiger partial charge on any atom is -0.325 e. The van der Waals surface area contributed by atoms with Crippen LogP contribution in [0.25, 0.3) is 0 Å². The predicted molar refractivity (Wildman–Crippen MR) is 121 cm³/mol. The highest BCUT2D eigenvalue weighted by Gasteiger charge is 2.40. The molecule has 160 valence electrons. The Bertz CT molecular complexity index is 1260. The van der Waals surface area contributed by atoms with Crippen molar-refractivity contribution >= 4 is 37.5 Å². The highest BCUT2D eigenvalue weighted by atomic mass is 79.9. The summed E-state index contributed by atoms with van der Waals surface area (Å²) in [4.78, 5) is 12.8. The van der Waals surface area contributed by atoms with E-state index < -0.39 is 32.7 Å². The van der Waals surface area contributed by atoms with Crippen molar-refractivity contribution in [1.82, 2.24) is 4.31 Å². The monoisotopic (exact) mass is 502 g/mol. The van der Waals surface area contributed by atoms with E-state index in [4.69, 9.17) is 0 Å². The Kier molecular flexibility index (Phi) is 5.96. The molecule has 0 fully saturated rings. The predicted octanol–water partition coefficient (Wildman–Crippen LogP) is 4.65. The van der Waals surface area contributed by atoms with Gasteiger partial charge in [-0.1, -0.05) is 52.3 Å². The van der Waals surface area contributed by atoms with E-state index in [1.54, 1.807) is 12.1 Å². The first-order valence-electron chi connectivity index (χ1n) is 9.67. The van der Waals surface area contributed by atoms with Gasteiger partial charge in [0.25, 0.3) is 0 Å². The van der Waals surface area contributed by atoms with Crippen molar-refractivity contribution in [3.63, 3.8) is 0 Å². The van der Waals surface area contributed by atoms with Gasteiger partial charge in [-0.25, -0.2) is 12.8 Å². The Hall–Kier alpha value is -2.55. The van der Waals surface area contributed by atoms with Gasteiger partial charge in [0, 0.05) is 16.7 Å². The Balaban J connectivity index is 1.73. The molecule has 31 heavy (non-hydrogen) atoms. The number of hydrogen-bond acceptors (Lipinski definition) is 3. The fourth-order valence-corrected chi connectivity index (χ4v) is 5.58. The van der Waals surface area contributed by atoms with Crippen LogP contribution in [0, 0.1) is 12.7 Å². The van der Waals surface area contributed by atoms with Gasteiger partial charge in [-0.15, -0.1) is 0 Å². The van der Waals surface area contributed by atoms with Crippen molar-refractivity contribution in [3.8, 4) is 0 Å². The average Bonchev–Trinajstić information content (AvgIpc) is 2.75. The number of rotatable bonds is 4. The van der Waals surface area contributed by atoms with E-state index >= 15 is 0 Å². The van der Waals surface area contributed by atoms with Gasteiger partial charge in [0.2, 0.25) is 15.9 Å².